The maximum absolute atomic E-state index is 6.31. The fraction of sp³-hybridized carbons (Fsp3) is 0.227. The van der Waals surface area contributed by atoms with E-state index >= 15 is 0 Å². The van der Waals surface area contributed by atoms with E-state index in [-0.39, 0.29) is 11.5 Å². The number of rotatable bonds is 3. The average Bonchev–Trinajstić information content (AvgIpc) is 3.43. The van der Waals surface area contributed by atoms with Gasteiger partial charge in [-0.1, -0.05) is 6.07 Å². The fourth-order valence-electron chi connectivity index (χ4n) is 4.11. The second-order valence-corrected chi connectivity index (χ2v) is 7.85. The van der Waals surface area contributed by atoms with Gasteiger partial charge in [-0.3, -0.25) is 14.1 Å². The van der Waals surface area contributed by atoms with Crippen molar-refractivity contribution in [1.82, 2.24) is 34.1 Å². The summed E-state index contributed by atoms with van der Waals surface area (Å²) < 4.78 is 9.88. The van der Waals surface area contributed by atoms with Crippen molar-refractivity contribution in [3.63, 3.8) is 0 Å². The molecular weight excluding hydrogens is 414 g/mol. The van der Waals surface area contributed by atoms with Gasteiger partial charge < -0.3 is 4.74 Å². The number of aromatic nitrogens is 7. The summed E-state index contributed by atoms with van der Waals surface area (Å²) in [7, 11) is 0. The molecule has 0 saturated carbocycles. The first-order valence-electron chi connectivity index (χ1n) is 10.2. The molecule has 0 aliphatic carbocycles. The number of imidazole rings is 2. The van der Waals surface area contributed by atoms with Gasteiger partial charge in [0.15, 0.2) is 5.65 Å². The summed E-state index contributed by atoms with van der Waals surface area (Å²) >= 11 is 6.31. The van der Waals surface area contributed by atoms with Crippen LogP contribution in [-0.4, -0.2) is 40.7 Å². The van der Waals surface area contributed by atoms with Crippen molar-refractivity contribution in [2.45, 2.75) is 25.5 Å². The molecule has 6 rings (SSSR count). The fourth-order valence-corrected chi connectivity index (χ4v) is 4.27. The van der Waals surface area contributed by atoms with Gasteiger partial charge in [-0.25, -0.2) is 15.0 Å². The summed E-state index contributed by atoms with van der Waals surface area (Å²) in [6.45, 7) is 0.742. The Morgan fingerprint density at radius 2 is 2.03 bits per heavy atom. The molecule has 0 amide bonds. The molecule has 0 bridgehead atoms. The summed E-state index contributed by atoms with van der Waals surface area (Å²) in [5, 5.41) is 0.182. The molecule has 5 heterocycles. The van der Waals surface area contributed by atoms with E-state index in [0.717, 1.165) is 48.2 Å². The highest BCUT2D eigenvalue weighted by Crippen LogP contribution is 2.32. The minimum atomic E-state index is -0.0739. The van der Waals surface area contributed by atoms with Crippen LogP contribution in [0.15, 0.2) is 55.4 Å². The van der Waals surface area contributed by atoms with Gasteiger partial charge in [-0.15, -0.1) is 0 Å². The molecule has 1 atom stereocenters. The summed E-state index contributed by atoms with van der Waals surface area (Å²) in [5.41, 5.74) is 5.73. The van der Waals surface area contributed by atoms with Crippen LogP contribution in [0.5, 0.6) is 0 Å². The molecule has 1 aliphatic rings. The minimum Gasteiger partial charge on any atom is -0.358 e. The van der Waals surface area contributed by atoms with Crippen LogP contribution < -0.4 is 0 Å². The van der Waals surface area contributed by atoms with Crippen LogP contribution in [0.1, 0.15) is 25.5 Å². The highest BCUT2D eigenvalue weighted by atomic mass is 35.5. The first kappa shape index (κ1) is 18.4. The first-order valence-corrected chi connectivity index (χ1v) is 10.6. The lowest BCUT2D eigenvalue weighted by atomic mass is 10.1. The van der Waals surface area contributed by atoms with E-state index in [1.54, 1.807) is 18.9 Å². The normalized spacial score (nSPS) is 16.9. The molecule has 0 radical (unpaired) electrons. The molecule has 0 spiro atoms. The summed E-state index contributed by atoms with van der Waals surface area (Å²) in [6.07, 6.45) is 10.2. The molecule has 1 aliphatic heterocycles. The van der Waals surface area contributed by atoms with Crippen molar-refractivity contribution in [1.29, 1.82) is 0 Å². The number of hydrogen-bond donors (Lipinski definition) is 0. The van der Waals surface area contributed by atoms with Crippen LogP contribution in [0, 0.1) is 0 Å². The Labute approximate surface area is 182 Å². The van der Waals surface area contributed by atoms with Crippen LogP contribution in [0.4, 0.5) is 0 Å². The molecule has 9 heteroatoms. The van der Waals surface area contributed by atoms with E-state index in [1.807, 2.05) is 45.7 Å². The molecule has 1 aromatic carbocycles. The molecule has 1 unspecified atom stereocenters. The Morgan fingerprint density at radius 3 is 2.87 bits per heavy atom. The molecule has 1 fully saturated rings. The van der Waals surface area contributed by atoms with Gasteiger partial charge in [0.25, 0.3) is 0 Å². The van der Waals surface area contributed by atoms with Crippen molar-refractivity contribution in [3.8, 4) is 16.9 Å². The Bertz CT molecular complexity index is 1390. The molecule has 31 heavy (non-hydrogen) atoms. The Kier molecular flexibility index (Phi) is 4.40. The predicted octanol–water partition coefficient (Wildman–Crippen LogP) is 4.58. The molecule has 5 aromatic rings. The van der Waals surface area contributed by atoms with E-state index < -0.39 is 0 Å². The SMILES string of the molecule is Clc1nc(-c2ccc3c(c2)ncn3-c2cccnc2)c2ncn(C3CCCCO3)c2n1. The minimum absolute atomic E-state index is 0.0739. The van der Waals surface area contributed by atoms with Crippen LogP contribution in [0.25, 0.3) is 39.1 Å². The van der Waals surface area contributed by atoms with Gasteiger partial charge in [0, 0.05) is 18.4 Å². The molecule has 1 saturated heterocycles. The molecule has 0 N–H and O–H groups in total. The topological polar surface area (TPSA) is 83.5 Å². The smallest absolute Gasteiger partial charge is 0.225 e. The van der Waals surface area contributed by atoms with E-state index in [2.05, 4.69) is 24.9 Å². The summed E-state index contributed by atoms with van der Waals surface area (Å²) in [5.74, 6) is 0. The van der Waals surface area contributed by atoms with E-state index in [9.17, 15) is 0 Å². The third kappa shape index (κ3) is 3.15. The number of pyridine rings is 1. The summed E-state index contributed by atoms with van der Waals surface area (Å²) in [6, 6.07) is 9.92. The molecule has 4 aromatic heterocycles. The van der Waals surface area contributed by atoms with Gasteiger partial charge >= 0.3 is 0 Å². The zero-order chi connectivity index (χ0) is 20.8. The maximum Gasteiger partial charge on any atom is 0.225 e. The highest BCUT2D eigenvalue weighted by molar-refractivity contribution is 6.28. The number of nitrogens with zero attached hydrogens (tertiary/aromatic N) is 7. The van der Waals surface area contributed by atoms with E-state index in [4.69, 9.17) is 16.3 Å². The zero-order valence-corrected chi connectivity index (χ0v) is 17.3. The van der Waals surface area contributed by atoms with Gasteiger partial charge in [-0.2, -0.15) is 4.98 Å². The van der Waals surface area contributed by atoms with Crippen molar-refractivity contribution < 1.29 is 4.74 Å². The van der Waals surface area contributed by atoms with Crippen LogP contribution >= 0.6 is 11.6 Å². The number of halogens is 1. The first-order chi connectivity index (χ1) is 15.3. The molecule has 154 valence electrons. The van der Waals surface area contributed by atoms with E-state index in [0.29, 0.717) is 16.9 Å². The maximum atomic E-state index is 6.31. The number of hydrogen-bond acceptors (Lipinski definition) is 6. The number of ether oxygens (including phenoxy) is 1. The number of fused-ring (bicyclic) bond motifs is 2. The largest absolute Gasteiger partial charge is 0.358 e. The van der Waals surface area contributed by atoms with Crippen molar-refractivity contribution >= 4 is 33.8 Å². The lowest BCUT2D eigenvalue weighted by Gasteiger charge is -2.23. The molecule has 8 nitrogen and oxygen atoms in total. The van der Waals surface area contributed by atoms with Crippen molar-refractivity contribution in [2.75, 3.05) is 6.61 Å². The van der Waals surface area contributed by atoms with Gasteiger partial charge in [0.05, 0.1) is 29.2 Å². The van der Waals surface area contributed by atoms with Crippen LogP contribution in [0.2, 0.25) is 5.28 Å². The predicted molar refractivity (Wildman–Crippen MR) is 117 cm³/mol. The quantitative estimate of drug-likeness (QED) is 0.389. The monoisotopic (exact) mass is 431 g/mol. The highest BCUT2D eigenvalue weighted by Gasteiger charge is 2.22. The molecular formula is C22H18ClN7O. The Morgan fingerprint density at radius 1 is 1.06 bits per heavy atom. The van der Waals surface area contributed by atoms with Crippen LogP contribution in [-0.2, 0) is 4.74 Å². The lowest BCUT2D eigenvalue weighted by Crippen LogP contribution is -2.17. The average molecular weight is 432 g/mol. The Balaban J connectivity index is 1.46. The Hall–Kier alpha value is -3.36. The van der Waals surface area contributed by atoms with Gasteiger partial charge in [-0.05, 0) is 55.1 Å². The summed E-state index contributed by atoms with van der Waals surface area (Å²) in [4.78, 5) is 22.3. The third-order valence-electron chi connectivity index (χ3n) is 5.60. The van der Waals surface area contributed by atoms with Gasteiger partial charge in [0.1, 0.15) is 23.8 Å². The van der Waals surface area contributed by atoms with Gasteiger partial charge in [0.2, 0.25) is 5.28 Å². The van der Waals surface area contributed by atoms with Crippen molar-refractivity contribution in [3.05, 3.63) is 60.7 Å². The standard InChI is InChI=1S/C22H18ClN7O/c23-22-27-19(20-21(28-22)30(13-26-20)18-5-1-2-9-31-18)14-6-7-17-16(10-14)25-12-29(17)15-4-3-8-24-11-15/h3-4,6-8,10-13,18H,1-2,5,9H2. The van der Waals surface area contributed by atoms with Crippen molar-refractivity contribution in [2.24, 2.45) is 0 Å². The third-order valence-corrected chi connectivity index (χ3v) is 5.77. The second kappa shape index (κ2) is 7.40. The number of benzene rings is 1. The lowest BCUT2D eigenvalue weighted by molar-refractivity contribution is -0.0298. The van der Waals surface area contributed by atoms with E-state index in [1.165, 1.54) is 0 Å². The second-order valence-electron chi connectivity index (χ2n) is 7.52. The zero-order valence-electron chi connectivity index (χ0n) is 16.5. The van der Waals surface area contributed by atoms with Crippen LogP contribution in [0.3, 0.4) is 0 Å².